The van der Waals surface area contributed by atoms with Gasteiger partial charge in [-0.05, 0) is 61.1 Å². The Labute approximate surface area is 154 Å². The summed E-state index contributed by atoms with van der Waals surface area (Å²) >= 11 is 8.73. The van der Waals surface area contributed by atoms with Gasteiger partial charge in [-0.2, -0.15) is 5.10 Å². The summed E-state index contributed by atoms with van der Waals surface area (Å²) in [6.45, 7) is 5.47. The average Bonchev–Trinajstić information content (AvgIpc) is 2.93. The minimum absolute atomic E-state index is 0.0577. The molecule has 0 aliphatic heterocycles. The molecule has 0 amide bonds. The molecule has 0 radical (unpaired) electrons. The van der Waals surface area contributed by atoms with Crippen LogP contribution in [0.1, 0.15) is 20.8 Å². The lowest BCUT2D eigenvalue weighted by Gasteiger charge is -2.16. The number of hydrogen-bond acceptors (Lipinski definition) is 4. The van der Waals surface area contributed by atoms with E-state index in [4.69, 9.17) is 17.0 Å². The van der Waals surface area contributed by atoms with Crippen LogP contribution in [0.15, 0.2) is 41.1 Å². The molecule has 1 aromatic heterocycles. The number of para-hydroxylation sites is 1. The number of benzene rings is 1. The van der Waals surface area contributed by atoms with Crippen LogP contribution in [0.3, 0.4) is 0 Å². The van der Waals surface area contributed by atoms with Crippen molar-refractivity contribution in [3.05, 3.63) is 41.1 Å². The molecule has 0 spiro atoms. The van der Waals surface area contributed by atoms with Gasteiger partial charge in [0.05, 0.1) is 29.2 Å². The van der Waals surface area contributed by atoms with Crippen molar-refractivity contribution in [1.82, 2.24) is 9.78 Å². The van der Waals surface area contributed by atoms with E-state index >= 15 is 0 Å². The number of aromatic nitrogens is 2. The van der Waals surface area contributed by atoms with E-state index < -0.39 is 5.41 Å². The van der Waals surface area contributed by atoms with Gasteiger partial charge in [-0.3, -0.25) is 4.79 Å². The maximum absolute atomic E-state index is 11.7. The highest BCUT2D eigenvalue weighted by Gasteiger charge is 2.23. The molecule has 2 aromatic rings. The number of rotatable bonds is 4. The molecule has 0 atom stereocenters. The molecule has 1 aromatic carbocycles. The maximum atomic E-state index is 11.7. The van der Waals surface area contributed by atoms with Crippen molar-refractivity contribution in [3.8, 4) is 0 Å². The fraction of sp³-hybridized carbons (Fsp3) is 0.312. The first-order valence-electron chi connectivity index (χ1n) is 7.28. The average molecular weight is 411 g/mol. The number of anilines is 2. The summed E-state index contributed by atoms with van der Waals surface area (Å²) in [6.07, 6.45) is 3.32. The lowest BCUT2D eigenvalue weighted by Crippen LogP contribution is -2.24. The van der Waals surface area contributed by atoms with Crippen LogP contribution >= 0.6 is 28.1 Å². The van der Waals surface area contributed by atoms with Crippen LogP contribution in [-0.4, -0.2) is 20.9 Å². The predicted molar refractivity (Wildman–Crippen MR) is 102 cm³/mol. The molecule has 6 nitrogen and oxygen atoms in total. The first-order chi connectivity index (χ1) is 11.3. The molecule has 0 saturated heterocycles. The van der Waals surface area contributed by atoms with Gasteiger partial charge < -0.3 is 15.4 Å². The Hall–Kier alpha value is -1.93. The first-order valence-corrected chi connectivity index (χ1v) is 8.48. The van der Waals surface area contributed by atoms with Gasteiger partial charge in [0.1, 0.15) is 0 Å². The molecule has 1 heterocycles. The number of hydrogen-bond donors (Lipinski definition) is 2. The van der Waals surface area contributed by atoms with Crippen LogP contribution in [-0.2, 0) is 16.3 Å². The lowest BCUT2D eigenvalue weighted by molar-refractivity contribution is -0.157. The zero-order valence-electron chi connectivity index (χ0n) is 13.7. The molecule has 8 heteroatoms. The number of esters is 1. The largest absolute Gasteiger partial charge is 0.442 e. The highest BCUT2D eigenvalue weighted by molar-refractivity contribution is 9.10. The van der Waals surface area contributed by atoms with Crippen LogP contribution in [0, 0.1) is 5.41 Å². The molecule has 2 N–H and O–H groups in total. The molecule has 0 aliphatic rings. The molecule has 0 saturated carbocycles. The minimum Gasteiger partial charge on any atom is -0.442 e. The Morgan fingerprint density at radius 1 is 1.33 bits per heavy atom. The third-order valence-electron chi connectivity index (χ3n) is 2.95. The van der Waals surface area contributed by atoms with E-state index in [1.165, 1.54) is 4.68 Å². The molecule has 0 aliphatic carbocycles. The van der Waals surface area contributed by atoms with Crippen LogP contribution in [0.5, 0.6) is 0 Å². The Morgan fingerprint density at radius 3 is 2.71 bits per heavy atom. The van der Waals surface area contributed by atoms with Crippen molar-refractivity contribution in [3.63, 3.8) is 0 Å². The number of nitrogens with one attached hydrogen (secondary N) is 2. The van der Waals surface area contributed by atoms with Crippen molar-refractivity contribution in [2.24, 2.45) is 5.41 Å². The summed E-state index contributed by atoms with van der Waals surface area (Å²) < 4.78 is 7.64. The molecule has 2 rings (SSSR count). The lowest BCUT2D eigenvalue weighted by atomic mass is 9.98. The maximum Gasteiger partial charge on any atom is 0.313 e. The fourth-order valence-electron chi connectivity index (χ4n) is 1.69. The van der Waals surface area contributed by atoms with Crippen molar-refractivity contribution in [2.45, 2.75) is 27.5 Å². The van der Waals surface area contributed by atoms with Crippen molar-refractivity contribution >= 4 is 50.6 Å². The number of ether oxygens (including phenoxy) is 1. The standard InChI is InChI=1S/C16H19BrN4O2S/c1-16(2,3)14(22)23-10-21-9-11(8-18-21)19-15(24)20-13-7-5-4-6-12(13)17/h4-9H,10H2,1-3H3,(H2,19,20,24). The van der Waals surface area contributed by atoms with Crippen molar-refractivity contribution in [2.75, 3.05) is 10.6 Å². The highest BCUT2D eigenvalue weighted by atomic mass is 79.9. The van der Waals surface area contributed by atoms with Gasteiger partial charge in [-0.25, -0.2) is 4.68 Å². The van der Waals surface area contributed by atoms with Crippen molar-refractivity contribution in [1.29, 1.82) is 0 Å². The van der Waals surface area contributed by atoms with Crippen LogP contribution < -0.4 is 10.6 Å². The summed E-state index contributed by atoms with van der Waals surface area (Å²) in [4.78, 5) is 11.7. The summed E-state index contributed by atoms with van der Waals surface area (Å²) in [6, 6.07) is 7.67. The molecular formula is C16H19BrN4O2S. The van der Waals surface area contributed by atoms with E-state index in [1.54, 1.807) is 33.2 Å². The molecule has 128 valence electrons. The number of nitrogens with zero attached hydrogens (tertiary/aromatic N) is 2. The molecule has 0 bridgehead atoms. The molecular weight excluding hydrogens is 392 g/mol. The Bertz CT molecular complexity index is 740. The minimum atomic E-state index is -0.539. The van der Waals surface area contributed by atoms with Crippen LogP contribution in [0.25, 0.3) is 0 Å². The van der Waals surface area contributed by atoms with Gasteiger partial charge in [0.25, 0.3) is 0 Å². The Kier molecular flexibility index (Phi) is 5.95. The monoisotopic (exact) mass is 410 g/mol. The molecule has 24 heavy (non-hydrogen) atoms. The van der Waals surface area contributed by atoms with E-state index in [-0.39, 0.29) is 12.7 Å². The summed E-state index contributed by atoms with van der Waals surface area (Å²) in [5, 5.41) is 10.7. The van der Waals surface area contributed by atoms with Gasteiger partial charge in [0, 0.05) is 4.47 Å². The second-order valence-corrected chi connectivity index (χ2v) is 7.40. The van der Waals surface area contributed by atoms with Gasteiger partial charge in [0.2, 0.25) is 0 Å². The SMILES string of the molecule is CC(C)(C)C(=O)OCn1cc(NC(=S)Nc2ccccc2Br)cn1. The van der Waals surface area contributed by atoms with Gasteiger partial charge in [0.15, 0.2) is 11.8 Å². The number of halogens is 1. The van der Waals surface area contributed by atoms with E-state index in [1.807, 2.05) is 24.3 Å². The highest BCUT2D eigenvalue weighted by Crippen LogP contribution is 2.21. The number of thiocarbonyl (C=S) groups is 1. The van der Waals surface area contributed by atoms with E-state index in [0.717, 1.165) is 10.2 Å². The van der Waals surface area contributed by atoms with Crippen LogP contribution in [0.2, 0.25) is 0 Å². The second-order valence-electron chi connectivity index (χ2n) is 6.14. The number of carbonyl (C=O) groups excluding carboxylic acids is 1. The zero-order chi connectivity index (χ0) is 17.7. The van der Waals surface area contributed by atoms with Gasteiger partial charge in [-0.15, -0.1) is 0 Å². The van der Waals surface area contributed by atoms with Gasteiger partial charge >= 0.3 is 5.97 Å². The Balaban J connectivity index is 1.88. The van der Waals surface area contributed by atoms with Crippen LogP contribution in [0.4, 0.5) is 11.4 Å². The third kappa shape index (κ3) is 5.31. The quantitative estimate of drug-likeness (QED) is 0.586. The second kappa shape index (κ2) is 7.76. The fourth-order valence-corrected chi connectivity index (χ4v) is 2.30. The number of carbonyl (C=O) groups is 1. The zero-order valence-corrected chi connectivity index (χ0v) is 16.1. The van der Waals surface area contributed by atoms with Gasteiger partial charge in [-0.1, -0.05) is 12.1 Å². The smallest absolute Gasteiger partial charge is 0.313 e. The first kappa shape index (κ1) is 18.4. The van der Waals surface area contributed by atoms with E-state index in [9.17, 15) is 4.79 Å². The van der Waals surface area contributed by atoms with Crippen molar-refractivity contribution < 1.29 is 9.53 Å². The summed E-state index contributed by atoms with van der Waals surface area (Å²) in [7, 11) is 0. The summed E-state index contributed by atoms with van der Waals surface area (Å²) in [5.41, 5.74) is 1.02. The van der Waals surface area contributed by atoms with E-state index in [0.29, 0.717) is 10.8 Å². The topological polar surface area (TPSA) is 68.2 Å². The normalized spacial score (nSPS) is 11.0. The predicted octanol–water partition coefficient (Wildman–Crippen LogP) is 4.00. The molecule has 0 unspecified atom stereocenters. The van der Waals surface area contributed by atoms with E-state index in [2.05, 4.69) is 31.7 Å². The third-order valence-corrected chi connectivity index (χ3v) is 3.85. The summed E-state index contributed by atoms with van der Waals surface area (Å²) in [5.74, 6) is -0.279. The Morgan fingerprint density at radius 2 is 2.04 bits per heavy atom. The molecule has 0 fully saturated rings.